The molecule has 114 valence electrons. The minimum atomic E-state index is -3.87. The van der Waals surface area contributed by atoms with Gasteiger partial charge in [-0.1, -0.05) is 13.0 Å². The van der Waals surface area contributed by atoms with Crippen LogP contribution in [0.5, 0.6) is 0 Å². The van der Waals surface area contributed by atoms with Crippen LogP contribution in [0.2, 0.25) is 0 Å². The van der Waals surface area contributed by atoms with E-state index < -0.39 is 27.0 Å². The zero-order chi connectivity index (χ0) is 15.8. The standard InChI is InChI=1S/C14H17NO5S/c1-3-9-4-5-10(14(17)18)8-12(9)21(19,20)11-6-7-15(2)13(11)16/h4-5,8,11H,3,6-7H2,1-2H3,(H,17,18). The molecule has 0 radical (unpaired) electrons. The minimum Gasteiger partial charge on any atom is -0.478 e. The van der Waals surface area contributed by atoms with Crippen LogP contribution in [0.3, 0.4) is 0 Å². The molecule has 1 saturated heterocycles. The number of likely N-dealkylation sites (tertiary alicyclic amines) is 1. The molecule has 0 aromatic heterocycles. The molecule has 0 spiro atoms. The number of amides is 1. The van der Waals surface area contributed by atoms with Gasteiger partial charge >= 0.3 is 5.97 Å². The van der Waals surface area contributed by atoms with Crippen molar-refractivity contribution in [2.24, 2.45) is 0 Å². The predicted molar refractivity (Wildman–Crippen MR) is 76.0 cm³/mol. The van der Waals surface area contributed by atoms with E-state index in [0.717, 1.165) is 6.07 Å². The Morgan fingerprint density at radius 3 is 2.57 bits per heavy atom. The van der Waals surface area contributed by atoms with Crippen molar-refractivity contribution in [2.45, 2.75) is 29.9 Å². The van der Waals surface area contributed by atoms with E-state index >= 15 is 0 Å². The third kappa shape index (κ3) is 2.65. The summed E-state index contributed by atoms with van der Waals surface area (Å²) in [6.45, 7) is 2.18. The maximum Gasteiger partial charge on any atom is 0.335 e. The molecule has 1 fully saturated rings. The molecule has 1 amide bonds. The topological polar surface area (TPSA) is 91.8 Å². The third-order valence-electron chi connectivity index (χ3n) is 3.75. The van der Waals surface area contributed by atoms with Gasteiger partial charge in [0.05, 0.1) is 10.5 Å². The first-order chi connectivity index (χ1) is 9.78. The number of sulfone groups is 1. The smallest absolute Gasteiger partial charge is 0.335 e. The molecular formula is C14H17NO5S. The zero-order valence-electron chi connectivity index (χ0n) is 11.9. The summed E-state index contributed by atoms with van der Waals surface area (Å²) >= 11 is 0. The lowest BCUT2D eigenvalue weighted by molar-refractivity contribution is -0.126. The molecule has 1 aromatic carbocycles. The molecule has 0 bridgehead atoms. The number of hydrogen-bond acceptors (Lipinski definition) is 4. The molecule has 1 heterocycles. The Balaban J connectivity index is 2.56. The molecule has 2 rings (SSSR count). The monoisotopic (exact) mass is 311 g/mol. The van der Waals surface area contributed by atoms with Gasteiger partial charge in [-0.2, -0.15) is 0 Å². The lowest BCUT2D eigenvalue weighted by atomic mass is 10.1. The van der Waals surface area contributed by atoms with Crippen LogP contribution in [-0.2, 0) is 21.1 Å². The van der Waals surface area contributed by atoms with Crippen LogP contribution in [0, 0.1) is 0 Å². The quantitative estimate of drug-likeness (QED) is 0.894. The van der Waals surface area contributed by atoms with E-state index in [1.807, 2.05) is 0 Å². The maximum atomic E-state index is 12.7. The Morgan fingerprint density at radius 2 is 2.10 bits per heavy atom. The summed E-state index contributed by atoms with van der Waals surface area (Å²) in [5.74, 6) is -1.62. The Kier molecular flexibility index (Phi) is 4.04. The number of hydrogen-bond donors (Lipinski definition) is 1. The van der Waals surface area contributed by atoms with Crippen LogP contribution in [-0.4, -0.2) is 49.1 Å². The van der Waals surface area contributed by atoms with Crippen LogP contribution < -0.4 is 0 Å². The van der Waals surface area contributed by atoms with Crippen LogP contribution in [0.25, 0.3) is 0 Å². The lowest BCUT2D eigenvalue weighted by Gasteiger charge is -2.15. The van der Waals surface area contributed by atoms with Gasteiger partial charge in [0.15, 0.2) is 9.84 Å². The summed E-state index contributed by atoms with van der Waals surface area (Å²) in [6.07, 6.45) is 0.684. The van der Waals surface area contributed by atoms with E-state index in [-0.39, 0.29) is 16.9 Å². The summed E-state index contributed by atoms with van der Waals surface area (Å²) in [6, 6.07) is 4.03. The highest BCUT2D eigenvalue weighted by Gasteiger charge is 2.41. The predicted octanol–water partition coefficient (Wildman–Crippen LogP) is 0.952. The average molecular weight is 311 g/mol. The molecule has 1 aromatic rings. The van der Waals surface area contributed by atoms with E-state index in [2.05, 4.69) is 0 Å². The van der Waals surface area contributed by atoms with Crippen LogP contribution >= 0.6 is 0 Å². The molecule has 1 unspecified atom stereocenters. The highest BCUT2D eigenvalue weighted by atomic mass is 32.2. The largest absolute Gasteiger partial charge is 0.478 e. The molecule has 0 aliphatic carbocycles. The number of carbonyl (C=O) groups excluding carboxylic acids is 1. The van der Waals surface area contributed by atoms with E-state index in [1.165, 1.54) is 17.0 Å². The number of benzene rings is 1. The van der Waals surface area contributed by atoms with Crippen LogP contribution in [0.1, 0.15) is 29.3 Å². The molecule has 6 nitrogen and oxygen atoms in total. The van der Waals surface area contributed by atoms with Crippen molar-refractivity contribution in [2.75, 3.05) is 13.6 Å². The first kappa shape index (κ1) is 15.5. The lowest BCUT2D eigenvalue weighted by Crippen LogP contribution is -2.32. The van der Waals surface area contributed by atoms with Crippen molar-refractivity contribution in [3.8, 4) is 0 Å². The van der Waals surface area contributed by atoms with Gasteiger partial charge in [-0.05, 0) is 30.5 Å². The Labute approximate surface area is 123 Å². The SMILES string of the molecule is CCc1ccc(C(=O)O)cc1S(=O)(=O)C1CCN(C)C1=O. The van der Waals surface area contributed by atoms with Gasteiger partial charge in [0.2, 0.25) is 5.91 Å². The first-order valence-corrected chi connectivity index (χ1v) is 8.18. The number of rotatable bonds is 4. The number of nitrogens with zero attached hydrogens (tertiary/aromatic N) is 1. The van der Waals surface area contributed by atoms with Gasteiger partial charge in [0.1, 0.15) is 5.25 Å². The van der Waals surface area contributed by atoms with Gasteiger partial charge in [0.25, 0.3) is 0 Å². The molecule has 7 heteroatoms. The zero-order valence-corrected chi connectivity index (χ0v) is 12.7. The van der Waals surface area contributed by atoms with Crippen molar-refractivity contribution in [3.05, 3.63) is 29.3 Å². The van der Waals surface area contributed by atoms with Gasteiger partial charge in [-0.3, -0.25) is 4.79 Å². The molecular weight excluding hydrogens is 294 g/mol. The number of aryl methyl sites for hydroxylation is 1. The van der Waals surface area contributed by atoms with E-state index in [1.54, 1.807) is 14.0 Å². The van der Waals surface area contributed by atoms with Gasteiger partial charge in [0, 0.05) is 13.6 Å². The maximum absolute atomic E-state index is 12.7. The molecule has 1 aliphatic rings. The van der Waals surface area contributed by atoms with E-state index in [0.29, 0.717) is 18.5 Å². The first-order valence-electron chi connectivity index (χ1n) is 6.64. The van der Waals surface area contributed by atoms with Crippen molar-refractivity contribution in [3.63, 3.8) is 0 Å². The van der Waals surface area contributed by atoms with Crippen molar-refractivity contribution >= 4 is 21.7 Å². The number of carboxylic acid groups (broad SMARTS) is 1. The number of carbonyl (C=O) groups is 2. The molecule has 0 saturated carbocycles. The normalized spacial score (nSPS) is 19.0. The third-order valence-corrected chi connectivity index (χ3v) is 5.93. The van der Waals surface area contributed by atoms with Crippen molar-refractivity contribution < 1.29 is 23.1 Å². The Bertz CT molecular complexity index is 695. The fourth-order valence-corrected chi connectivity index (χ4v) is 4.51. The molecule has 1 atom stereocenters. The second-order valence-electron chi connectivity index (χ2n) is 5.06. The van der Waals surface area contributed by atoms with Crippen LogP contribution in [0.15, 0.2) is 23.1 Å². The van der Waals surface area contributed by atoms with Crippen LogP contribution in [0.4, 0.5) is 0 Å². The van der Waals surface area contributed by atoms with Gasteiger partial charge in [-0.25, -0.2) is 13.2 Å². The summed E-state index contributed by atoms with van der Waals surface area (Å²) < 4.78 is 25.4. The van der Waals surface area contributed by atoms with E-state index in [4.69, 9.17) is 5.11 Å². The van der Waals surface area contributed by atoms with E-state index in [9.17, 15) is 18.0 Å². The Morgan fingerprint density at radius 1 is 1.43 bits per heavy atom. The Hall–Kier alpha value is -1.89. The fraction of sp³-hybridized carbons (Fsp3) is 0.429. The van der Waals surface area contributed by atoms with Gasteiger partial charge in [-0.15, -0.1) is 0 Å². The number of carboxylic acids is 1. The second kappa shape index (κ2) is 5.48. The molecule has 1 N–H and O–H groups in total. The second-order valence-corrected chi connectivity index (χ2v) is 7.16. The highest BCUT2D eigenvalue weighted by Crippen LogP contribution is 2.28. The summed E-state index contributed by atoms with van der Waals surface area (Å²) in [7, 11) is -2.31. The fourth-order valence-electron chi connectivity index (χ4n) is 2.48. The molecule has 21 heavy (non-hydrogen) atoms. The van der Waals surface area contributed by atoms with Crippen molar-refractivity contribution in [1.29, 1.82) is 0 Å². The highest BCUT2D eigenvalue weighted by molar-refractivity contribution is 7.92. The summed E-state index contributed by atoms with van der Waals surface area (Å²) in [5, 5.41) is 7.91. The average Bonchev–Trinajstić information content (AvgIpc) is 2.78. The summed E-state index contributed by atoms with van der Waals surface area (Å²) in [4.78, 5) is 24.4. The summed E-state index contributed by atoms with van der Waals surface area (Å²) in [5.41, 5.74) is 0.437. The number of aromatic carboxylic acids is 1. The molecule has 1 aliphatic heterocycles. The minimum absolute atomic E-state index is 0.0430. The van der Waals surface area contributed by atoms with Gasteiger partial charge < -0.3 is 10.0 Å². The van der Waals surface area contributed by atoms with Crippen molar-refractivity contribution in [1.82, 2.24) is 4.90 Å².